The van der Waals surface area contributed by atoms with Crippen molar-refractivity contribution in [1.29, 1.82) is 5.26 Å². The lowest BCUT2D eigenvalue weighted by Gasteiger charge is -2.41. The van der Waals surface area contributed by atoms with Crippen LogP contribution >= 0.6 is 0 Å². The number of hydrogen-bond acceptors (Lipinski definition) is 9. The highest BCUT2D eigenvalue weighted by molar-refractivity contribution is 5.69. The van der Waals surface area contributed by atoms with Gasteiger partial charge < -0.3 is 28.9 Å². The minimum atomic E-state index is -0.400. The molecule has 0 unspecified atom stereocenters. The van der Waals surface area contributed by atoms with Crippen molar-refractivity contribution in [2.75, 3.05) is 51.3 Å². The Kier molecular flexibility index (Phi) is 9.01. The summed E-state index contributed by atoms with van der Waals surface area (Å²) in [5.41, 5.74) is 2.79. The van der Waals surface area contributed by atoms with Crippen LogP contribution in [0.5, 0.6) is 6.01 Å². The van der Waals surface area contributed by atoms with Crippen LogP contribution in [0, 0.1) is 11.3 Å². The molecular weight excluding hydrogens is 508 g/mol. The molecule has 2 fully saturated rings. The Hall–Kier alpha value is -3.84. The Bertz CT molecular complexity index is 1250. The number of carbonyl (C=O) groups excluding carboxylic acids is 1. The molecule has 0 saturated carbocycles. The standard InChI is InChI=1S/C30H38N6O4/c1-3-38-25-11-12-26-27(18-25)32-29(39-21-24-10-7-15-34(24)2)33-28(26)35-16-17-36(23(19-35)13-14-31)30(37)40-20-22-8-5-4-6-9-22/h4-6,8-9,18,23-24H,3,7,10-13,15-17,19-21H2,1-2H3/t23-,24-/m0/s1. The maximum Gasteiger partial charge on any atom is 0.410 e. The van der Waals surface area contributed by atoms with Crippen molar-refractivity contribution in [2.24, 2.45) is 0 Å². The molecule has 212 valence electrons. The first kappa shape index (κ1) is 27.7. The van der Waals surface area contributed by atoms with Crippen LogP contribution in [-0.2, 0) is 22.5 Å². The van der Waals surface area contributed by atoms with Crippen molar-refractivity contribution >= 4 is 18.0 Å². The third-order valence-corrected chi connectivity index (χ3v) is 7.87. The fraction of sp³-hybridized carbons (Fsp3) is 0.533. The number of carbonyl (C=O) groups is 1. The van der Waals surface area contributed by atoms with Gasteiger partial charge in [-0.2, -0.15) is 15.2 Å². The number of piperazine rings is 1. The summed E-state index contributed by atoms with van der Waals surface area (Å²) >= 11 is 0. The number of ether oxygens (including phenoxy) is 3. The van der Waals surface area contributed by atoms with Gasteiger partial charge in [0.2, 0.25) is 0 Å². The van der Waals surface area contributed by atoms with Crippen LogP contribution in [0.3, 0.4) is 0 Å². The maximum absolute atomic E-state index is 13.0. The van der Waals surface area contributed by atoms with Gasteiger partial charge in [0.1, 0.15) is 19.0 Å². The fourth-order valence-electron chi connectivity index (χ4n) is 5.66. The van der Waals surface area contributed by atoms with Crippen molar-refractivity contribution in [3.8, 4) is 12.1 Å². The summed E-state index contributed by atoms with van der Waals surface area (Å²) in [6.07, 6.45) is 5.59. The number of rotatable bonds is 9. The van der Waals surface area contributed by atoms with E-state index < -0.39 is 6.09 Å². The van der Waals surface area contributed by atoms with Crippen molar-refractivity contribution in [1.82, 2.24) is 19.8 Å². The lowest BCUT2D eigenvalue weighted by molar-refractivity contribution is 0.0767. The van der Waals surface area contributed by atoms with Gasteiger partial charge in [-0.15, -0.1) is 0 Å². The van der Waals surface area contributed by atoms with Gasteiger partial charge >= 0.3 is 12.1 Å². The molecule has 3 heterocycles. The first-order valence-corrected chi connectivity index (χ1v) is 14.2. The van der Waals surface area contributed by atoms with E-state index in [4.69, 9.17) is 24.2 Å². The second-order valence-electron chi connectivity index (χ2n) is 10.5. The van der Waals surface area contributed by atoms with E-state index in [1.54, 1.807) is 4.90 Å². The van der Waals surface area contributed by atoms with Crippen molar-refractivity contribution in [2.45, 2.75) is 57.7 Å². The van der Waals surface area contributed by atoms with E-state index >= 15 is 0 Å². The summed E-state index contributed by atoms with van der Waals surface area (Å²) in [6.45, 7) is 5.87. The molecular formula is C30H38N6O4. The summed E-state index contributed by atoms with van der Waals surface area (Å²) in [7, 11) is 2.12. The van der Waals surface area contributed by atoms with Crippen LogP contribution in [0.15, 0.2) is 36.1 Å². The summed E-state index contributed by atoms with van der Waals surface area (Å²) in [5.74, 6) is 1.72. The summed E-state index contributed by atoms with van der Waals surface area (Å²) in [5, 5.41) is 9.58. The minimum absolute atomic E-state index is 0.198. The zero-order valence-electron chi connectivity index (χ0n) is 23.4. The molecule has 1 aliphatic carbocycles. The Balaban J connectivity index is 1.35. The molecule has 2 aliphatic heterocycles. The van der Waals surface area contributed by atoms with Gasteiger partial charge in [0, 0.05) is 43.7 Å². The number of anilines is 1. The molecule has 2 atom stereocenters. The van der Waals surface area contributed by atoms with Gasteiger partial charge in [-0.3, -0.25) is 0 Å². The zero-order chi connectivity index (χ0) is 27.9. The topological polar surface area (TPSA) is 104 Å². The highest BCUT2D eigenvalue weighted by Crippen LogP contribution is 2.33. The van der Waals surface area contributed by atoms with Crippen LogP contribution in [-0.4, -0.2) is 84.4 Å². The van der Waals surface area contributed by atoms with Gasteiger partial charge in [0.25, 0.3) is 0 Å². The van der Waals surface area contributed by atoms with E-state index in [1.165, 1.54) is 6.42 Å². The van der Waals surface area contributed by atoms with E-state index in [1.807, 2.05) is 43.3 Å². The monoisotopic (exact) mass is 546 g/mol. The Labute approximate surface area is 236 Å². The molecule has 2 aromatic rings. The first-order chi connectivity index (χ1) is 19.6. The summed E-state index contributed by atoms with van der Waals surface area (Å²) < 4.78 is 17.6. The number of hydrogen-bond donors (Lipinski definition) is 0. The number of aromatic nitrogens is 2. The Morgan fingerprint density at radius 1 is 1.10 bits per heavy atom. The Morgan fingerprint density at radius 3 is 2.70 bits per heavy atom. The molecule has 10 nitrogen and oxygen atoms in total. The SMILES string of the molecule is CCOC1=Cc2nc(OC[C@@H]3CCCN3C)nc(N3CCN(C(=O)OCc4ccccc4)[C@@H](CC#N)C3)c2CC1. The third-order valence-electron chi connectivity index (χ3n) is 7.87. The molecule has 0 spiro atoms. The first-order valence-electron chi connectivity index (χ1n) is 14.2. The van der Waals surface area contributed by atoms with E-state index in [2.05, 4.69) is 22.9 Å². The van der Waals surface area contributed by atoms with Gasteiger partial charge in [0.15, 0.2) is 0 Å². The summed E-state index contributed by atoms with van der Waals surface area (Å²) in [4.78, 5) is 28.8. The largest absolute Gasteiger partial charge is 0.498 e. The molecule has 1 aromatic heterocycles. The molecule has 1 aromatic carbocycles. The maximum atomic E-state index is 13.0. The number of fused-ring (bicyclic) bond motifs is 1. The number of nitriles is 1. The average molecular weight is 547 g/mol. The number of likely N-dealkylation sites (N-methyl/N-ethyl adjacent to an activating group) is 1. The minimum Gasteiger partial charge on any atom is -0.498 e. The lowest BCUT2D eigenvalue weighted by atomic mass is 9.99. The van der Waals surface area contributed by atoms with Crippen molar-refractivity contribution in [3.63, 3.8) is 0 Å². The predicted molar refractivity (Wildman–Crippen MR) is 151 cm³/mol. The van der Waals surface area contributed by atoms with Gasteiger partial charge in [-0.25, -0.2) is 4.79 Å². The second-order valence-corrected chi connectivity index (χ2v) is 10.5. The van der Waals surface area contributed by atoms with E-state index in [0.717, 1.165) is 54.2 Å². The number of likely N-dealkylation sites (tertiary alicyclic amines) is 1. The molecule has 5 rings (SSSR count). The van der Waals surface area contributed by atoms with Gasteiger partial charge in [-0.05, 0) is 45.3 Å². The quantitative estimate of drug-likeness (QED) is 0.461. The third kappa shape index (κ3) is 6.48. The summed E-state index contributed by atoms with van der Waals surface area (Å²) in [6, 6.07) is 12.2. The molecule has 10 heteroatoms. The molecule has 40 heavy (non-hydrogen) atoms. The van der Waals surface area contributed by atoms with Crippen molar-refractivity contribution in [3.05, 3.63) is 52.9 Å². The fourth-order valence-corrected chi connectivity index (χ4v) is 5.66. The molecule has 0 N–H and O–H groups in total. The molecule has 1 amide bonds. The van der Waals surface area contributed by atoms with Gasteiger partial charge in [-0.1, -0.05) is 30.3 Å². The smallest absolute Gasteiger partial charge is 0.410 e. The highest BCUT2D eigenvalue weighted by Gasteiger charge is 2.34. The molecule has 0 radical (unpaired) electrons. The van der Waals surface area contributed by atoms with Crippen molar-refractivity contribution < 1.29 is 19.0 Å². The molecule has 3 aliphatic rings. The predicted octanol–water partition coefficient (Wildman–Crippen LogP) is 4.01. The molecule has 0 bridgehead atoms. The molecule has 2 saturated heterocycles. The van der Waals surface area contributed by atoms with Crippen LogP contribution in [0.1, 0.15) is 49.4 Å². The van der Waals surface area contributed by atoms with E-state index in [9.17, 15) is 10.1 Å². The van der Waals surface area contributed by atoms with Crippen LogP contribution in [0.25, 0.3) is 6.08 Å². The van der Waals surface area contributed by atoms with E-state index in [0.29, 0.717) is 44.9 Å². The number of allylic oxidation sites excluding steroid dienone is 1. The van der Waals surface area contributed by atoms with E-state index in [-0.39, 0.29) is 19.1 Å². The number of nitrogens with zero attached hydrogens (tertiary/aromatic N) is 6. The van der Waals surface area contributed by atoms with Gasteiger partial charge in [0.05, 0.1) is 36.6 Å². The zero-order valence-corrected chi connectivity index (χ0v) is 23.4. The lowest BCUT2D eigenvalue weighted by Crippen LogP contribution is -2.55. The average Bonchev–Trinajstić information content (AvgIpc) is 3.39. The Morgan fingerprint density at radius 2 is 1.95 bits per heavy atom. The van der Waals surface area contributed by atoms with Crippen LogP contribution < -0.4 is 9.64 Å². The van der Waals surface area contributed by atoms with Crippen LogP contribution in [0.2, 0.25) is 0 Å². The number of amides is 1. The highest BCUT2D eigenvalue weighted by atomic mass is 16.6. The van der Waals surface area contributed by atoms with Crippen LogP contribution in [0.4, 0.5) is 10.6 Å². The number of benzene rings is 1. The normalized spacial score (nSPS) is 20.9. The second kappa shape index (κ2) is 13.0.